The highest BCUT2D eigenvalue weighted by Gasteiger charge is 2.42. The number of aliphatic hydroxyl groups excluding tert-OH is 1. The highest BCUT2D eigenvalue weighted by molar-refractivity contribution is 5.79. The average molecular weight is 247 g/mol. The molecule has 2 rings (SSSR count). The highest BCUT2D eigenvalue weighted by Crippen LogP contribution is 2.40. The van der Waals surface area contributed by atoms with Crippen molar-refractivity contribution in [3.8, 4) is 0 Å². The van der Waals surface area contributed by atoms with Gasteiger partial charge in [-0.05, 0) is 31.2 Å². The monoisotopic (exact) mass is 247 g/mol. The Morgan fingerprint density at radius 3 is 2.44 bits per heavy atom. The van der Waals surface area contributed by atoms with E-state index in [2.05, 4.69) is 0 Å². The maximum atomic E-state index is 11.6. The van der Waals surface area contributed by atoms with E-state index in [9.17, 15) is 15.0 Å². The summed E-state index contributed by atoms with van der Waals surface area (Å²) in [6.07, 6.45) is 2.80. The van der Waals surface area contributed by atoms with Crippen molar-refractivity contribution in [1.82, 2.24) is 0 Å². The lowest BCUT2D eigenvalue weighted by atomic mass is 9.65. The minimum absolute atomic E-state index is 0.265. The summed E-state index contributed by atoms with van der Waals surface area (Å²) in [5, 5.41) is 21.8. The van der Waals surface area contributed by atoms with Gasteiger partial charge in [-0.15, -0.1) is 0 Å². The third-order valence-corrected chi connectivity index (χ3v) is 4.27. The lowest BCUT2D eigenvalue weighted by molar-refractivity contribution is -0.316. The van der Waals surface area contributed by atoms with Crippen molar-refractivity contribution in [3.05, 3.63) is 35.9 Å². The Hall–Kier alpha value is -1.35. The Morgan fingerprint density at radius 2 is 1.89 bits per heavy atom. The first-order valence-electron chi connectivity index (χ1n) is 6.52. The number of benzene rings is 1. The van der Waals surface area contributed by atoms with Crippen molar-refractivity contribution < 1.29 is 15.0 Å². The number of carbonyl (C=O) groups is 1. The molecule has 0 heterocycles. The number of aliphatic carboxylic acids is 1. The van der Waals surface area contributed by atoms with E-state index in [1.807, 2.05) is 18.2 Å². The van der Waals surface area contributed by atoms with E-state index in [0.717, 1.165) is 24.8 Å². The normalized spacial score (nSPS) is 27.4. The smallest absolute Gasteiger partial charge is 0.0580 e. The zero-order chi connectivity index (χ0) is 13.2. The van der Waals surface area contributed by atoms with Crippen LogP contribution in [-0.4, -0.2) is 17.2 Å². The van der Waals surface area contributed by atoms with Crippen molar-refractivity contribution in [2.75, 3.05) is 0 Å². The number of carboxylic acid groups (broad SMARTS) is 1. The molecule has 3 atom stereocenters. The van der Waals surface area contributed by atoms with Gasteiger partial charge in [0, 0.05) is 5.41 Å². The summed E-state index contributed by atoms with van der Waals surface area (Å²) in [4.78, 5) is 11.6. The quantitative estimate of drug-likeness (QED) is 0.874. The number of hydrogen-bond acceptors (Lipinski definition) is 3. The van der Waals surface area contributed by atoms with Crippen LogP contribution in [0.4, 0.5) is 0 Å². The summed E-state index contributed by atoms with van der Waals surface area (Å²) in [6, 6.07) is 9.11. The predicted molar refractivity (Wildman–Crippen MR) is 66.8 cm³/mol. The zero-order valence-electron chi connectivity index (χ0n) is 10.6. The van der Waals surface area contributed by atoms with E-state index in [0.29, 0.717) is 6.42 Å². The molecule has 1 fully saturated rings. The molecule has 0 radical (unpaired) electrons. The second kappa shape index (κ2) is 5.11. The van der Waals surface area contributed by atoms with Crippen molar-refractivity contribution in [2.45, 2.75) is 44.1 Å². The molecular weight excluding hydrogens is 228 g/mol. The first kappa shape index (κ1) is 13.1. The molecule has 18 heavy (non-hydrogen) atoms. The Morgan fingerprint density at radius 1 is 1.28 bits per heavy atom. The Labute approximate surface area is 107 Å². The van der Waals surface area contributed by atoms with Gasteiger partial charge in [0.1, 0.15) is 0 Å². The van der Waals surface area contributed by atoms with Gasteiger partial charge in [-0.2, -0.15) is 0 Å². The first-order chi connectivity index (χ1) is 8.56. The number of carboxylic acids is 1. The van der Waals surface area contributed by atoms with Gasteiger partial charge in [0.2, 0.25) is 0 Å². The highest BCUT2D eigenvalue weighted by atomic mass is 16.4. The fraction of sp³-hybridized carbons (Fsp3) is 0.533. The fourth-order valence-electron chi connectivity index (χ4n) is 3.05. The van der Waals surface area contributed by atoms with E-state index in [4.69, 9.17) is 0 Å². The van der Waals surface area contributed by atoms with Crippen LogP contribution in [0.3, 0.4) is 0 Å². The van der Waals surface area contributed by atoms with Crippen molar-refractivity contribution in [3.63, 3.8) is 0 Å². The molecule has 1 saturated carbocycles. The summed E-state index contributed by atoms with van der Waals surface area (Å²) in [5.74, 6) is -1.36. The molecule has 98 valence electrons. The van der Waals surface area contributed by atoms with E-state index < -0.39 is 17.5 Å². The van der Waals surface area contributed by atoms with Crippen LogP contribution < -0.4 is 5.11 Å². The summed E-state index contributed by atoms with van der Waals surface area (Å²) >= 11 is 0. The van der Waals surface area contributed by atoms with Gasteiger partial charge in [-0.1, -0.05) is 43.2 Å². The Kier molecular flexibility index (Phi) is 3.71. The molecule has 0 aromatic heterocycles. The molecule has 0 amide bonds. The molecule has 0 saturated heterocycles. The van der Waals surface area contributed by atoms with Gasteiger partial charge in [0.25, 0.3) is 0 Å². The molecule has 1 N–H and O–H groups in total. The fourth-order valence-corrected chi connectivity index (χ4v) is 3.05. The number of hydrogen-bond donors (Lipinski definition) is 1. The third-order valence-electron chi connectivity index (χ3n) is 4.27. The molecule has 3 heteroatoms. The predicted octanol–water partition coefficient (Wildman–Crippen LogP) is 1.25. The largest absolute Gasteiger partial charge is 0.549 e. The van der Waals surface area contributed by atoms with Crippen LogP contribution in [0, 0.1) is 5.92 Å². The second-order valence-corrected chi connectivity index (χ2v) is 5.31. The van der Waals surface area contributed by atoms with E-state index in [1.54, 1.807) is 19.1 Å². The zero-order valence-corrected chi connectivity index (χ0v) is 10.6. The van der Waals surface area contributed by atoms with Crippen LogP contribution in [0.5, 0.6) is 0 Å². The lowest BCUT2D eigenvalue weighted by Crippen LogP contribution is -2.53. The van der Waals surface area contributed by atoms with Gasteiger partial charge in [0.05, 0.1) is 12.1 Å². The topological polar surface area (TPSA) is 60.4 Å². The average Bonchev–Trinajstić information content (AvgIpc) is 2.39. The molecule has 1 aliphatic carbocycles. The maximum absolute atomic E-state index is 11.6. The van der Waals surface area contributed by atoms with Crippen LogP contribution in [0.15, 0.2) is 30.3 Å². The van der Waals surface area contributed by atoms with Crippen LogP contribution >= 0.6 is 0 Å². The number of aliphatic hydroxyl groups is 1. The molecule has 1 aliphatic rings. The Balaban J connectivity index is 2.41. The van der Waals surface area contributed by atoms with Crippen molar-refractivity contribution >= 4 is 5.97 Å². The van der Waals surface area contributed by atoms with Crippen LogP contribution in [0.2, 0.25) is 0 Å². The van der Waals surface area contributed by atoms with Gasteiger partial charge in [-0.3, -0.25) is 0 Å². The van der Waals surface area contributed by atoms with E-state index in [1.165, 1.54) is 0 Å². The first-order valence-corrected chi connectivity index (χ1v) is 6.52. The second-order valence-electron chi connectivity index (χ2n) is 5.31. The molecule has 0 bridgehead atoms. The molecular formula is C15H19O3-. The summed E-state index contributed by atoms with van der Waals surface area (Å²) in [6.45, 7) is 1.68. The summed E-state index contributed by atoms with van der Waals surface area (Å²) in [5.41, 5.74) is -0.392. The van der Waals surface area contributed by atoms with Crippen molar-refractivity contribution in [2.24, 2.45) is 5.92 Å². The van der Waals surface area contributed by atoms with E-state index >= 15 is 0 Å². The van der Waals surface area contributed by atoms with Crippen LogP contribution in [-0.2, 0) is 10.2 Å². The molecule has 3 nitrogen and oxygen atoms in total. The van der Waals surface area contributed by atoms with E-state index in [-0.39, 0.29) is 5.92 Å². The third kappa shape index (κ3) is 2.15. The van der Waals surface area contributed by atoms with Gasteiger partial charge >= 0.3 is 0 Å². The standard InChI is InChI=1S/C15H20O3/c1-15(14(17)18,11-7-3-2-4-8-11)12-9-5-6-10-13(12)16/h2-4,7-8,12-13,16H,5-6,9-10H2,1H3,(H,17,18)/p-1. The summed E-state index contributed by atoms with van der Waals surface area (Å²) in [7, 11) is 0. The molecule has 3 unspecified atom stereocenters. The summed E-state index contributed by atoms with van der Waals surface area (Å²) < 4.78 is 0. The number of carbonyl (C=O) groups excluding carboxylic acids is 1. The minimum Gasteiger partial charge on any atom is -0.549 e. The molecule has 0 aliphatic heterocycles. The molecule has 1 aromatic rings. The molecule has 1 aromatic carbocycles. The van der Waals surface area contributed by atoms with Gasteiger partial charge in [0.15, 0.2) is 0 Å². The lowest BCUT2D eigenvalue weighted by Gasteiger charge is -2.43. The number of rotatable bonds is 3. The minimum atomic E-state index is -1.11. The Bertz CT molecular complexity index is 415. The van der Waals surface area contributed by atoms with Gasteiger partial charge in [-0.25, -0.2) is 0 Å². The van der Waals surface area contributed by atoms with Crippen molar-refractivity contribution in [1.29, 1.82) is 0 Å². The molecule has 0 spiro atoms. The van der Waals surface area contributed by atoms with Crippen LogP contribution in [0.25, 0.3) is 0 Å². The maximum Gasteiger partial charge on any atom is 0.0580 e. The SMILES string of the molecule is CC(C(=O)[O-])(c1ccccc1)C1CCCCC1O. The van der Waals surface area contributed by atoms with Gasteiger partial charge < -0.3 is 15.0 Å². The van der Waals surface area contributed by atoms with Crippen LogP contribution in [0.1, 0.15) is 38.2 Å².